The van der Waals surface area contributed by atoms with Gasteiger partial charge in [0.05, 0.1) is 32.3 Å². The first-order chi connectivity index (χ1) is 13.3. The standard InChI is InChI=1S/C17H22N2O8S/c1-25-15(20)11-18(12-16(21)26-2)17(22)13-4-3-5-14(10-13)28(23,24)19-6-8-27-9-7-19/h3-5,10H,6-9,11-12H2,1-2H3. The SMILES string of the molecule is COC(=O)CN(CC(=O)OC)C(=O)c1cccc(S(=O)(=O)N2CCOCC2)c1. The lowest BCUT2D eigenvalue weighted by atomic mass is 10.2. The fourth-order valence-electron chi connectivity index (χ4n) is 2.55. The van der Waals surface area contributed by atoms with E-state index < -0.39 is 41.0 Å². The molecular formula is C17H22N2O8S. The summed E-state index contributed by atoms with van der Waals surface area (Å²) in [5.74, 6) is -2.15. The van der Waals surface area contributed by atoms with Crippen molar-refractivity contribution in [3.8, 4) is 0 Å². The lowest BCUT2D eigenvalue weighted by Crippen LogP contribution is -2.41. The van der Waals surface area contributed by atoms with Crippen LogP contribution in [-0.2, 0) is 33.8 Å². The molecule has 0 bridgehead atoms. The summed E-state index contributed by atoms with van der Waals surface area (Å²) < 4.78 is 41.1. The molecule has 1 aliphatic rings. The van der Waals surface area contributed by atoms with E-state index in [-0.39, 0.29) is 23.5 Å². The van der Waals surface area contributed by atoms with Gasteiger partial charge in [-0.1, -0.05) is 6.07 Å². The monoisotopic (exact) mass is 414 g/mol. The number of ether oxygens (including phenoxy) is 3. The Morgan fingerprint density at radius 1 is 1.07 bits per heavy atom. The number of rotatable bonds is 7. The summed E-state index contributed by atoms with van der Waals surface area (Å²) in [4.78, 5) is 36.8. The third kappa shape index (κ3) is 5.27. The maximum absolute atomic E-state index is 12.8. The number of hydrogen-bond acceptors (Lipinski definition) is 8. The van der Waals surface area contributed by atoms with Crippen molar-refractivity contribution in [3.05, 3.63) is 29.8 Å². The number of benzene rings is 1. The van der Waals surface area contributed by atoms with E-state index >= 15 is 0 Å². The van der Waals surface area contributed by atoms with Crippen LogP contribution in [0.2, 0.25) is 0 Å². The predicted octanol–water partition coefficient (Wildman–Crippen LogP) is -0.504. The molecule has 1 fully saturated rings. The van der Waals surface area contributed by atoms with Gasteiger partial charge in [-0.3, -0.25) is 14.4 Å². The first kappa shape index (κ1) is 21.8. The Bertz CT molecular complexity index is 815. The van der Waals surface area contributed by atoms with Crippen LogP contribution in [0.15, 0.2) is 29.2 Å². The molecule has 1 aromatic carbocycles. The van der Waals surface area contributed by atoms with Crippen LogP contribution < -0.4 is 0 Å². The first-order valence-corrected chi connectivity index (χ1v) is 9.84. The van der Waals surface area contributed by atoms with Crippen molar-refractivity contribution in [1.82, 2.24) is 9.21 Å². The second-order valence-electron chi connectivity index (χ2n) is 5.86. The number of carbonyl (C=O) groups excluding carboxylic acids is 3. The van der Waals surface area contributed by atoms with Gasteiger partial charge >= 0.3 is 11.9 Å². The molecule has 0 N–H and O–H groups in total. The molecule has 0 radical (unpaired) electrons. The number of esters is 2. The number of amides is 1. The molecule has 0 aromatic heterocycles. The summed E-state index contributed by atoms with van der Waals surface area (Å²) in [5, 5.41) is 0. The Kier molecular flexibility index (Phi) is 7.49. The molecule has 0 unspecified atom stereocenters. The highest BCUT2D eigenvalue weighted by molar-refractivity contribution is 7.89. The lowest BCUT2D eigenvalue weighted by molar-refractivity contribution is -0.144. The van der Waals surface area contributed by atoms with Gasteiger partial charge in [-0.15, -0.1) is 0 Å². The molecule has 28 heavy (non-hydrogen) atoms. The van der Waals surface area contributed by atoms with Crippen LogP contribution in [-0.4, -0.2) is 89.1 Å². The minimum Gasteiger partial charge on any atom is -0.468 e. The molecule has 1 aromatic rings. The van der Waals surface area contributed by atoms with E-state index in [0.717, 1.165) is 19.1 Å². The third-order valence-electron chi connectivity index (χ3n) is 4.07. The number of hydrogen-bond donors (Lipinski definition) is 0. The molecule has 1 saturated heterocycles. The molecule has 11 heteroatoms. The van der Waals surface area contributed by atoms with Crippen molar-refractivity contribution in [2.75, 3.05) is 53.6 Å². The Morgan fingerprint density at radius 3 is 2.18 bits per heavy atom. The van der Waals surface area contributed by atoms with E-state index in [1.807, 2.05) is 0 Å². The van der Waals surface area contributed by atoms with E-state index in [1.165, 1.54) is 28.6 Å². The van der Waals surface area contributed by atoms with E-state index in [1.54, 1.807) is 0 Å². The molecule has 0 saturated carbocycles. The number of methoxy groups -OCH3 is 2. The van der Waals surface area contributed by atoms with Crippen molar-refractivity contribution >= 4 is 27.9 Å². The lowest BCUT2D eigenvalue weighted by Gasteiger charge is -2.26. The summed E-state index contributed by atoms with van der Waals surface area (Å²) >= 11 is 0. The highest BCUT2D eigenvalue weighted by Gasteiger charge is 2.28. The summed E-state index contributed by atoms with van der Waals surface area (Å²) in [5.41, 5.74) is 0.0159. The van der Waals surface area contributed by atoms with Gasteiger partial charge < -0.3 is 19.1 Å². The Balaban J connectivity index is 2.29. The second-order valence-corrected chi connectivity index (χ2v) is 7.80. The van der Waals surface area contributed by atoms with Crippen LogP contribution >= 0.6 is 0 Å². The van der Waals surface area contributed by atoms with E-state index in [2.05, 4.69) is 9.47 Å². The highest BCUT2D eigenvalue weighted by atomic mass is 32.2. The topological polar surface area (TPSA) is 120 Å². The minimum atomic E-state index is -3.80. The van der Waals surface area contributed by atoms with Crippen molar-refractivity contribution in [1.29, 1.82) is 0 Å². The van der Waals surface area contributed by atoms with Gasteiger partial charge in [0.1, 0.15) is 13.1 Å². The molecular weight excluding hydrogens is 392 g/mol. The van der Waals surface area contributed by atoms with Crippen molar-refractivity contribution in [3.63, 3.8) is 0 Å². The van der Waals surface area contributed by atoms with Gasteiger partial charge in [-0.05, 0) is 18.2 Å². The zero-order valence-corrected chi connectivity index (χ0v) is 16.4. The minimum absolute atomic E-state index is 0.0159. The molecule has 1 amide bonds. The summed E-state index contributed by atoms with van der Waals surface area (Å²) in [7, 11) is -1.50. The Labute approximate surface area is 163 Å². The fraction of sp³-hybridized carbons (Fsp3) is 0.471. The van der Waals surface area contributed by atoms with Crippen molar-refractivity contribution in [2.45, 2.75) is 4.90 Å². The zero-order valence-electron chi connectivity index (χ0n) is 15.6. The fourth-order valence-corrected chi connectivity index (χ4v) is 4.00. The number of sulfonamides is 1. The smallest absolute Gasteiger partial charge is 0.325 e. The van der Waals surface area contributed by atoms with E-state index in [4.69, 9.17) is 4.74 Å². The Morgan fingerprint density at radius 2 is 1.64 bits per heavy atom. The molecule has 0 spiro atoms. The molecule has 0 atom stereocenters. The normalized spacial score (nSPS) is 14.9. The van der Waals surface area contributed by atoms with Crippen LogP contribution in [0, 0.1) is 0 Å². The quantitative estimate of drug-likeness (QED) is 0.548. The summed E-state index contributed by atoms with van der Waals surface area (Å²) in [6.45, 7) is 0.0676. The molecule has 154 valence electrons. The van der Waals surface area contributed by atoms with Crippen molar-refractivity contribution in [2.24, 2.45) is 0 Å². The Hall–Kier alpha value is -2.50. The van der Waals surface area contributed by atoms with Gasteiger partial charge in [0.25, 0.3) is 5.91 Å². The van der Waals surface area contributed by atoms with Crippen LogP contribution in [0.3, 0.4) is 0 Å². The van der Waals surface area contributed by atoms with Gasteiger partial charge in [0.15, 0.2) is 0 Å². The van der Waals surface area contributed by atoms with E-state index in [9.17, 15) is 22.8 Å². The average molecular weight is 414 g/mol. The van der Waals surface area contributed by atoms with Gasteiger partial charge in [0, 0.05) is 18.7 Å². The van der Waals surface area contributed by atoms with Crippen LogP contribution in [0.25, 0.3) is 0 Å². The molecule has 1 heterocycles. The summed E-state index contributed by atoms with van der Waals surface area (Å²) in [6, 6.07) is 5.43. The maximum atomic E-state index is 12.8. The third-order valence-corrected chi connectivity index (χ3v) is 5.97. The predicted molar refractivity (Wildman–Crippen MR) is 96.0 cm³/mol. The number of carbonyl (C=O) groups is 3. The summed E-state index contributed by atoms with van der Waals surface area (Å²) in [6.07, 6.45) is 0. The van der Waals surface area contributed by atoms with Crippen LogP contribution in [0.4, 0.5) is 0 Å². The van der Waals surface area contributed by atoms with E-state index in [0.29, 0.717) is 13.2 Å². The maximum Gasteiger partial charge on any atom is 0.325 e. The average Bonchev–Trinajstić information content (AvgIpc) is 2.73. The number of nitrogens with zero attached hydrogens (tertiary/aromatic N) is 2. The number of morpholine rings is 1. The van der Waals surface area contributed by atoms with Crippen LogP contribution in [0.1, 0.15) is 10.4 Å². The zero-order chi connectivity index (χ0) is 20.7. The largest absolute Gasteiger partial charge is 0.468 e. The van der Waals surface area contributed by atoms with Crippen LogP contribution in [0.5, 0.6) is 0 Å². The second kappa shape index (κ2) is 9.62. The van der Waals surface area contributed by atoms with Gasteiger partial charge in [-0.25, -0.2) is 8.42 Å². The molecule has 10 nitrogen and oxygen atoms in total. The first-order valence-electron chi connectivity index (χ1n) is 8.40. The van der Waals surface area contributed by atoms with Gasteiger partial charge in [0.2, 0.25) is 10.0 Å². The molecule has 2 rings (SSSR count). The van der Waals surface area contributed by atoms with Gasteiger partial charge in [-0.2, -0.15) is 4.31 Å². The molecule has 1 aliphatic heterocycles. The van der Waals surface area contributed by atoms with Crippen molar-refractivity contribution < 1.29 is 37.0 Å². The molecule has 0 aliphatic carbocycles. The highest BCUT2D eigenvalue weighted by Crippen LogP contribution is 2.19.